The molecule has 1 aliphatic heterocycles. The van der Waals surface area contributed by atoms with Crippen molar-refractivity contribution in [2.75, 3.05) is 11.1 Å². The van der Waals surface area contributed by atoms with Crippen molar-refractivity contribution in [1.82, 2.24) is 15.0 Å². The Kier molecular flexibility index (Phi) is 4.46. The molecule has 2 aromatic rings. The summed E-state index contributed by atoms with van der Waals surface area (Å²) < 4.78 is 0. The van der Waals surface area contributed by atoms with Gasteiger partial charge in [0.25, 0.3) is 5.56 Å². The molecule has 2 N–H and O–H groups in total. The molecule has 0 saturated carbocycles. The number of carbonyl (C=O) groups excluding carboxylic acids is 1. The van der Waals surface area contributed by atoms with Crippen molar-refractivity contribution >= 4 is 23.4 Å². The van der Waals surface area contributed by atoms with Gasteiger partial charge in [0.15, 0.2) is 10.9 Å². The lowest BCUT2D eigenvalue weighted by Crippen LogP contribution is -2.32. The standard InChI is InChI=1S/C19H18N4O2S/c1-2-9-26-19-22-17-16(18(25)23-19)14(11-5-4-8-20-10-11)15-12(21-17)6-3-7-13(15)24/h2,4-5,8,10,14H,1,3,6-7,9H2,(H2,21,22,23,25)/t14-/m0/s1. The predicted octanol–water partition coefficient (Wildman–Crippen LogP) is 3.01. The zero-order chi connectivity index (χ0) is 18.1. The number of anilines is 1. The molecule has 0 saturated heterocycles. The number of aromatic nitrogens is 3. The molecule has 0 fully saturated rings. The van der Waals surface area contributed by atoms with E-state index in [0.717, 1.165) is 24.1 Å². The summed E-state index contributed by atoms with van der Waals surface area (Å²) in [7, 11) is 0. The molecule has 1 aliphatic carbocycles. The summed E-state index contributed by atoms with van der Waals surface area (Å²) in [6.45, 7) is 3.69. The minimum Gasteiger partial charge on any atom is -0.343 e. The van der Waals surface area contributed by atoms with Crippen molar-refractivity contribution in [3.8, 4) is 0 Å². The van der Waals surface area contributed by atoms with Gasteiger partial charge in [-0.15, -0.1) is 6.58 Å². The molecule has 0 amide bonds. The lowest BCUT2D eigenvalue weighted by molar-refractivity contribution is -0.116. The third kappa shape index (κ3) is 2.88. The van der Waals surface area contributed by atoms with Crippen LogP contribution in [-0.2, 0) is 4.79 Å². The summed E-state index contributed by atoms with van der Waals surface area (Å²) >= 11 is 1.41. The van der Waals surface area contributed by atoms with Gasteiger partial charge in [-0.05, 0) is 24.5 Å². The second kappa shape index (κ2) is 6.92. The van der Waals surface area contributed by atoms with E-state index in [0.29, 0.717) is 34.3 Å². The maximum atomic E-state index is 12.9. The van der Waals surface area contributed by atoms with E-state index in [1.807, 2.05) is 12.1 Å². The number of ketones is 1. The Morgan fingerprint density at radius 1 is 1.35 bits per heavy atom. The van der Waals surface area contributed by atoms with E-state index in [2.05, 4.69) is 26.8 Å². The van der Waals surface area contributed by atoms with Gasteiger partial charge >= 0.3 is 0 Å². The first-order chi connectivity index (χ1) is 12.7. The van der Waals surface area contributed by atoms with E-state index in [1.54, 1.807) is 18.5 Å². The fourth-order valence-corrected chi connectivity index (χ4v) is 4.12. The van der Waals surface area contributed by atoms with Gasteiger partial charge in [0, 0.05) is 41.8 Å². The molecule has 0 unspecified atom stereocenters. The number of nitrogens with one attached hydrogen (secondary N) is 2. The average molecular weight is 366 g/mol. The van der Waals surface area contributed by atoms with Crippen molar-refractivity contribution in [3.05, 3.63) is 69.9 Å². The first-order valence-electron chi connectivity index (χ1n) is 8.50. The van der Waals surface area contributed by atoms with E-state index >= 15 is 0 Å². The molecule has 2 aliphatic rings. The van der Waals surface area contributed by atoms with E-state index in [-0.39, 0.29) is 11.3 Å². The smallest absolute Gasteiger partial charge is 0.257 e. The van der Waals surface area contributed by atoms with Crippen LogP contribution in [0.15, 0.2) is 58.4 Å². The molecular weight excluding hydrogens is 348 g/mol. The molecule has 6 nitrogen and oxygen atoms in total. The van der Waals surface area contributed by atoms with Gasteiger partial charge in [-0.25, -0.2) is 4.98 Å². The van der Waals surface area contributed by atoms with Crippen molar-refractivity contribution in [2.45, 2.75) is 30.3 Å². The molecule has 0 spiro atoms. The van der Waals surface area contributed by atoms with Crippen molar-refractivity contribution < 1.29 is 4.79 Å². The van der Waals surface area contributed by atoms with Gasteiger partial charge < -0.3 is 10.3 Å². The number of allylic oxidation sites excluding steroid dienone is 2. The second-order valence-corrected chi connectivity index (χ2v) is 7.26. The summed E-state index contributed by atoms with van der Waals surface area (Å²) in [5, 5.41) is 3.79. The molecule has 26 heavy (non-hydrogen) atoms. The molecule has 0 bridgehead atoms. The fourth-order valence-electron chi connectivity index (χ4n) is 3.53. The van der Waals surface area contributed by atoms with Gasteiger partial charge in [0.1, 0.15) is 5.82 Å². The van der Waals surface area contributed by atoms with Crippen LogP contribution in [0.1, 0.15) is 36.3 Å². The number of hydrogen-bond acceptors (Lipinski definition) is 6. The van der Waals surface area contributed by atoms with Gasteiger partial charge in [0.2, 0.25) is 0 Å². The summed E-state index contributed by atoms with van der Waals surface area (Å²) in [5.41, 5.74) is 2.63. The zero-order valence-corrected chi connectivity index (χ0v) is 14.9. The topological polar surface area (TPSA) is 87.7 Å². The minimum absolute atomic E-state index is 0.0859. The Bertz CT molecular complexity index is 965. The van der Waals surface area contributed by atoms with Crippen LogP contribution >= 0.6 is 11.8 Å². The average Bonchev–Trinajstić information content (AvgIpc) is 2.65. The van der Waals surface area contributed by atoms with Crippen LogP contribution in [0, 0.1) is 0 Å². The molecule has 3 heterocycles. The number of pyridine rings is 1. The molecule has 2 aromatic heterocycles. The summed E-state index contributed by atoms with van der Waals surface area (Å²) in [6.07, 6.45) is 7.25. The molecule has 1 atom stereocenters. The molecule has 4 rings (SSSR count). The van der Waals surface area contributed by atoms with Crippen LogP contribution in [0.5, 0.6) is 0 Å². The third-order valence-electron chi connectivity index (χ3n) is 4.59. The fraction of sp³-hybridized carbons (Fsp3) is 0.263. The Morgan fingerprint density at radius 3 is 3.00 bits per heavy atom. The van der Waals surface area contributed by atoms with E-state index in [4.69, 9.17) is 0 Å². The van der Waals surface area contributed by atoms with Crippen molar-refractivity contribution in [2.24, 2.45) is 0 Å². The Morgan fingerprint density at radius 2 is 2.23 bits per heavy atom. The summed E-state index contributed by atoms with van der Waals surface area (Å²) in [5.74, 6) is 0.836. The quantitative estimate of drug-likeness (QED) is 0.491. The van der Waals surface area contributed by atoms with Gasteiger partial charge in [-0.1, -0.05) is 23.9 Å². The number of rotatable bonds is 4. The number of hydrogen-bond donors (Lipinski definition) is 2. The van der Waals surface area contributed by atoms with Gasteiger partial charge in [-0.2, -0.15) is 0 Å². The van der Waals surface area contributed by atoms with Crippen molar-refractivity contribution in [3.63, 3.8) is 0 Å². The Labute approximate surface area is 154 Å². The summed E-state index contributed by atoms with van der Waals surface area (Å²) in [6, 6.07) is 3.72. The first-order valence-corrected chi connectivity index (χ1v) is 9.48. The van der Waals surface area contributed by atoms with E-state index in [9.17, 15) is 9.59 Å². The van der Waals surface area contributed by atoms with Crippen LogP contribution < -0.4 is 10.9 Å². The number of fused-ring (bicyclic) bond motifs is 1. The van der Waals surface area contributed by atoms with E-state index < -0.39 is 5.92 Å². The Hall–Kier alpha value is -2.67. The predicted molar refractivity (Wildman–Crippen MR) is 101 cm³/mol. The number of carbonyl (C=O) groups is 1. The number of nitrogens with zero attached hydrogens (tertiary/aromatic N) is 2. The van der Waals surface area contributed by atoms with Crippen LogP contribution in [0.2, 0.25) is 0 Å². The summed E-state index contributed by atoms with van der Waals surface area (Å²) in [4.78, 5) is 37.2. The van der Waals surface area contributed by atoms with Crippen LogP contribution in [0.4, 0.5) is 5.82 Å². The van der Waals surface area contributed by atoms with Crippen LogP contribution in [-0.4, -0.2) is 26.5 Å². The normalized spacial score (nSPS) is 18.8. The number of Topliss-reactive ketones (excluding diaryl/α,β-unsaturated/α-hetero) is 1. The minimum atomic E-state index is -0.433. The lowest BCUT2D eigenvalue weighted by atomic mass is 9.77. The number of aromatic amines is 1. The highest BCUT2D eigenvalue weighted by atomic mass is 32.2. The highest BCUT2D eigenvalue weighted by molar-refractivity contribution is 7.99. The highest BCUT2D eigenvalue weighted by Gasteiger charge is 2.37. The zero-order valence-electron chi connectivity index (χ0n) is 14.1. The number of H-pyrrole nitrogens is 1. The maximum Gasteiger partial charge on any atom is 0.257 e. The van der Waals surface area contributed by atoms with Crippen LogP contribution in [0.25, 0.3) is 0 Å². The van der Waals surface area contributed by atoms with Gasteiger partial charge in [0.05, 0.1) is 5.56 Å². The largest absolute Gasteiger partial charge is 0.343 e. The SMILES string of the molecule is C=CCSc1nc2c(c(=O)[nH]1)[C@@H](c1cccnc1)C1=C(CCCC1=O)N2. The monoisotopic (exact) mass is 366 g/mol. The highest BCUT2D eigenvalue weighted by Crippen LogP contribution is 2.43. The van der Waals surface area contributed by atoms with Crippen LogP contribution in [0.3, 0.4) is 0 Å². The van der Waals surface area contributed by atoms with Gasteiger partial charge in [-0.3, -0.25) is 14.6 Å². The molecular formula is C19H18N4O2S. The second-order valence-electron chi connectivity index (χ2n) is 6.25. The number of thioether (sulfide) groups is 1. The lowest BCUT2D eigenvalue weighted by Gasteiger charge is -2.32. The third-order valence-corrected chi connectivity index (χ3v) is 5.46. The molecule has 0 aromatic carbocycles. The maximum absolute atomic E-state index is 12.9. The molecule has 7 heteroatoms. The van der Waals surface area contributed by atoms with E-state index in [1.165, 1.54) is 11.8 Å². The Balaban J connectivity index is 1.91. The molecule has 132 valence electrons. The van der Waals surface area contributed by atoms with Crippen molar-refractivity contribution in [1.29, 1.82) is 0 Å². The molecule has 0 radical (unpaired) electrons. The first kappa shape index (κ1) is 16.8.